The maximum absolute atomic E-state index is 14.2. The molecule has 0 bridgehead atoms. The van der Waals surface area contributed by atoms with E-state index in [4.69, 9.17) is 28.4 Å². The second-order valence-corrected chi connectivity index (χ2v) is 17.2. The molecule has 3 fully saturated rings. The normalized spacial score (nSPS) is 49.6. The molecule has 52 heavy (non-hydrogen) atoms. The van der Waals surface area contributed by atoms with E-state index in [9.17, 15) is 30.3 Å². The fourth-order valence-corrected chi connectivity index (χ4v) is 8.74. The second kappa shape index (κ2) is 17.8. The number of rotatable bonds is 7. The Kier molecular flexibility index (Phi) is 15.6. The number of esters is 1. The van der Waals surface area contributed by atoms with Crippen molar-refractivity contribution in [2.75, 3.05) is 34.8 Å². The summed E-state index contributed by atoms with van der Waals surface area (Å²) in [5.41, 5.74) is -4.37. The van der Waals surface area contributed by atoms with Gasteiger partial charge in [0.05, 0.1) is 41.5 Å². The fraction of sp³-hybridized carbons (Fsp3) is 0.974. The van der Waals surface area contributed by atoms with Gasteiger partial charge in [0.2, 0.25) is 0 Å². The zero-order valence-electron chi connectivity index (χ0n) is 34.2. The fourth-order valence-electron chi connectivity index (χ4n) is 8.74. The number of carbonyl (C=O) groups excluding carboxylic acids is 1. The Morgan fingerprint density at radius 3 is 2.12 bits per heavy atom. The van der Waals surface area contributed by atoms with Crippen molar-refractivity contribution in [3.05, 3.63) is 0 Å². The minimum Gasteiger partial charge on any atom is -0.459 e. The summed E-state index contributed by atoms with van der Waals surface area (Å²) in [5.74, 6) is -2.58. The first-order valence-electron chi connectivity index (χ1n) is 19.1. The van der Waals surface area contributed by atoms with Crippen molar-refractivity contribution in [2.45, 2.75) is 185 Å². The quantitative estimate of drug-likeness (QED) is 0.238. The van der Waals surface area contributed by atoms with Gasteiger partial charge >= 0.3 is 5.97 Å². The van der Waals surface area contributed by atoms with Gasteiger partial charge < -0.3 is 63.8 Å². The lowest BCUT2D eigenvalue weighted by atomic mass is 9.77. The average Bonchev–Trinajstić information content (AvgIpc) is 3.05. The van der Waals surface area contributed by atoms with Crippen molar-refractivity contribution in [2.24, 2.45) is 17.8 Å². The molecule has 0 aromatic carbocycles. The van der Waals surface area contributed by atoms with E-state index in [0.717, 1.165) is 0 Å². The molecule has 0 amide bonds. The Bertz CT molecular complexity index is 1140. The summed E-state index contributed by atoms with van der Waals surface area (Å²) in [6.07, 6.45) is -8.19. The highest BCUT2D eigenvalue weighted by Gasteiger charge is 2.52. The minimum atomic E-state index is -1.80. The summed E-state index contributed by atoms with van der Waals surface area (Å²) in [4.78, 5) is 18.0. The number of aliphatic hydroxyl groups is 5. The summed E-state index contributed by atoms with van der Waals surface area (Å²) in [6, 6.07) is -0.808. The standard InChI is InChI=1S/C38H72N2O12/c1-15-27-38(10,46)31(42)24(6)40(13)19-20(2)17-36(8,45)33(52-35-29(41)26(39(11)12)16-21(3)48-35)22(4)30(23(5)34(44)50-27)51-28-18-37(9,47-14)32(43)25(7)49-28/h20-33,35,41-43,45-46H,15-19H2,1-14H3/t20-,21-,22+,23-,24-,25-,26+,27-,28-,29-,30+,31-,32-,33-,35-,36+,37+,38-/m1/s1. The van der Waals surface area contributed by atoms with E-state index in [1.165, 1.54) is 14.0 Å². The summed E-state index contributed by atoms with van der Waals surface area (Å²) in [6.45, 7) is 18.0. The Morgan fingerprint density at radius 2 is 1.56 bits per heavy atom. The third-order valence-corrected chi connectivity index (χ3v) is 12.2. The number of ether oxygens (including phenoxy) is 6. The number of methoxy groups -OCH3 is 1. The number of hydrogen-bond acceptors (Lipinski definition) is 14. The van der Waals surface area contributed by atoms with Gasteiger partial charge in [-0.05, 0) is 94.8 Å². The van der Waals surface area contributed by atoms with Gasteiger partial charge in [-0.15, -0.1) is 0 Å². The molecule has 3 aliphatic heterocycles. The highest BCUT2D eigenvalue weighted by Crippen LogP contribution is 2.40. The van der Waals surface area contributed by atoms with Gasteiger partial charge in [-0.1, -0.05) is 20.8 Å². The molecular formula is C38H72N2O12. The number of hydrogen-bond donors (Lipinski definition) is 5. The highest BCUT2D eigenvalue weighted by atomic mass is 16.7. The molecule has 5 N–H and O–H groups in total. The van der Waals surface area contributed by atoms with Crippen molar-refractivity contribution in [1.29, 1.82) is 0 Å². The van der Waals surface area contributed by atoms with Crippen LogP contribution in [0.3, 0.4) is 0 Å². The van der Waals surface area contributed by atoms with Crippen LogP contribution in [0.1, 0.15) is 94.9 Å². The molecule has 0 radical (unpaired) electrons. The van der Waals surface area contributed by atoms with Crippen molar-refractivity contribution >= 4 is 5.97 Å². The molecular weight excluding hydrogens is 676 g/mol. The Morgan fingerprint density at radius 1 is 0.942 bits per heavy atom. The SMILES string of the molecule is CC[C@H]1OC(=O)[C@H](C)[C@@H](O[C@@H]2C[C@](C)(OC)[C@H](O)[C@@H](C)O2)[C@H](C)[C@@H](O[C@H]2O[C@H](C)C[C@H](N(C)C)[C@H]2O)[C@@](C)(O)C[C@@H](C)CN(C)[C@H](C)[C@@H](O)[C@]1(C)O. The molecule has 0 spiro atoms. The predicted octanol–water partition coefficient (Wildman–Crippen LogP) is 1.90. The molecule has 3 heterocycles. The number of nitrogens with zero attached hydrogens (tertiary/aromatic N) is 2. The van der Waals surface area contributed by atoms with Gasteiger partial charge in [-0.2, -0.15) is 0 Å². The van der Waals surface area contributed by atoms with Crippen LogP contribution in [0, 0.1) is 17.8 Å². The molecule has 14 heteroatoms. The van der Waals surface area contributed by atoms with E-state index >= 15 is 0 Å². The van der Waals surface area contributed by atoms with Crippen molar-refractivity contribution in [3.8, 4) is 0 Å². The molecule has 3 rings (SSSR count). The molecule has 0 saturated carbocycles. The smallest absolute Gasteiger partial charge is 0.311 e. The Hall–Kier alpha value is -1.01. The van der Waals surface area contributed by atoms with E-state index in [1.54, 1.807) is 41.5 Å². The van der Waals surface area contributed by atoms with Crippen LogP contribution in [0.15, 0.2) is 0 Å². The lowest BCUT2D eigenvalue weighted by Crippen LogP contribution is -2.60. The van der Waals surface area contributed by atoms with Gasteiger partial charge in [0.1, 0.15) is 30.0 Å². The topological polar surface area (TPSA) is 180 Å². The molecule has 0 unspecified atom stereocenters. The minimum absolute atomic E-state index is 0.133. The van der Waals surface area contributed by atoms with E-state index in [1.807, 2.05) is 51.7 Å². The van der Waals surface area contributed by atoms with Crippen molar-refractivity contribution < 1.29 is 58.7 Å². The number of cyclic esters (lactones) is 1. The van der Waals surface area contributed by atoms with Gasteiger partial charge in [0, 0.05) is 38.1 Å². The highest BCUT2D eigenvalue weighted by molar-refractivity contribution is 5.73. The van der Waals surface area contributed by atoms with Crippen LogP contribution in [0.25, 0.3) is 0 Å². The van der Waals surface area contributed by atoms with Crippen LogP contribution < -0.4 is 0 Å². The van der Waals surface area contributed by atoms with Crippen LogP contribution in [0.2, 0.25) is 0 Å². The van der Waals surface area contributed by atoms with Crippen LogP contribution in [-0.2, 0) is 33.2 Å². The summed E-state index contributed by atoms with van der Waals surface area (Å²) in [7, 11) is 7.12. The maximum Gasteiger partial charge on any atom is 0.311 e. The van der Waals surface area contributed by atoms with Crippen molar-refractivity contribution in [1.82, 2.24) is 9.80 Å². The van der Waals surface area contributed by atoms with Gasteiger partial charge in [-0.25, -0.2) is 0 Å². The first-order valence-corrected chi connectivity index (χ1v) is 19.1. The monoisotopic (exact) mass is 749 g/mol. The zero-order chi connectivity index (χ0) is 39.7. The molecule has 14 nitrogen and oxygen atoms in total. The largest absolute Gasteiger partial charge is 0.459 e. The molecule has 3 aliphatic rings. The van der Waals surface area contributed by atoms with E-state index < -0.39 is 96.0 Å². The Labute approximate surface area is 312 Å². The zero-order valence-corrected chi connectivity index (χ0v) is 34.2. The predicted molar refractivity (Wildman–Crippen MR) is 194 cm³/mol. The van der Waals surface area contributed by atoms with Gasteiger partial charge in [0.15, 0.2) is 12.6 Å². The van der Waals surface area contributed by atoms with Crippen LogP contribution in [-0.4, -0.2) is 166 Å². The molecule has 0 aliphatic carbocycles. The Balaban J connectivity index is 2.17. The number of aliphatic hydroxyl groups excluding tert-OH is 3. The summed E-state index contributed by atoms with van der Waals surface area (Å²) in [5, 5.41) is 58.1. The summed E-state index contributed by atoms with van der Waals surface area (Å²) >= 11 is 0. The van der Waals surface area contributed by atoms with Crippen LogP contribution >= 0.6 is 0 Å². The van der Waals surface area contributed by atoms with E-state index in [0.29, 0.717) is 13.0 Å². The van der Waals surface area contributed by atoms with Crippen LogP contribution in [0.5, 0.6) is 0 Å². The third-order valence-electron chi connectivity index (χ3n) is 12.2. The molecule has 18 atom stereocenters. The lowest BCUT2D eigenvalue weighted by Gasteiger charge is -2.48. The van der Waals surface area contributed by atoms with Crippen molar-refractivity contribution in [3.63, 3.8) is 0 Å². The molecule has 3 saturated heterocycles. The molecule has 306 valence electrons. The van der Waals surface area contributed by atoms with E-state index in [2.05, 4.69) is 0 Å². The first kappa shape index (κ1) is 45.4. The second-order valence-electron chi connectivity index (χ2n) is 17.2. The first-order chi connectivity index (χ1) is 23.9. The third kappa shape index (κ3) is 10.0. The van der Waals surface area contributed by atoms with Gasteiger partial charge in [-0.3, -0.25) is 4.79 Å². The maximum atomic E-state index is 14.2. The molecule has 0 aromatic heterocycles. The number of likely N-dealkylation sites (N-methyl/N-ethyl adjacent to an activating group) is 2. The lowest BCUT2D eigenvalue weighted by molar-refractivity contribution is -0.318. The average molecular weight is 749 g/mol. The van der Waals surface area contributed by atoms with Gasteiger partial charge in [0.25, 0.3) is 0 Å². The molecule has 0 aromatic rings. The van der Waals surface area contributed by atoms with E-state index in [-0.39, 0.29) is 37.3 Å². The summed E-state index contributed by atoms with van der Waals surface area (Å²) < 4.78 is 37.5. The number of carbonyl (C=O) groups is 1. The van der Waals surface area contributed by atoms with Crippen LogP contribution in [0.4, 0.5) is 0 Å².